The van der Waals surface area contributed by atoms with Crippen LogP contribution in [0.25, 0.3) is 0 Å². The summed E-state index contributed by atoms with van der Waals surface area (Å²) in [6.45, 7) is 1.63. The van der Waals surface area contributed by atoms with Crippen molar-refractivity contribution in [3.63, 3.8) is 0 Å². The van der Waals surface area contributed by atoms with Gasteiger partial charge in [0.1, 0.15) is 5.37 Å². The minimum absolute atomic E-state index is 0.310. The third-order valence-corrected chi connectivity index (χ3v) is 7.79. The summed E-state index contributed by atoms with van der Waals surface area (Å²) < 4.78 is 27.3. The molecule has 2 N–H and O–H groups in total. The van der Waals surface area contributed by atoms with Crippen LogP contribution in [-0.2, 0) is 35.7 Å². The predicted molar refractivity (Wildman–Crippen MR) is 102 cm³/mol. The van der Waals surface area contributed by atoms with Crippen molar-refractivity contribution in [3.8, 4) is 0 Å². The van der Waals surface area contributed by atoms with E-state index in [2.05, 4.69) is 16.1 Å². The lowest BCUT2D eigenvalue weighted by Gasteiger charge is -2.24. The standard InChI is InChI=1S/C19H27N3O3S/c1-12(22(2)15-9-10-15)26(24,25)21-19(23)20-18-16-7-3-5-13(16)11-14-6-4-8-17(14)18/h11-12,15H,3-10H2,1-2H3,(H2,20,21,23). The Bertz CT molecular complexity index is 814. The number of hydrogen-bond acceptors (Lipinski definition) is 4. The molecule has 1 aromatic carbocycles. The summed E-state index contributed by atoms with van der Waals surface area (Å²) in [4.78, 5) is 14.3. The molecule has 2 amide bonds. The number of nitrogens with zero attached hydrogens (tertiary/aromatic N) is 1. The Morgan fingerprint density at radius 1 is 1.12 bits per heavy atom. The van der Waals surface area contributed by atoms with Gasteiger partial charge < -0.3 is 5.32 Å². The molecule has 0 bridgehead atoms. The van der Waals surface area contributed by atoms with Crippen molar-refractivity contribution < 1.29 is 13.2 Å². The normalized spacial score (nSPS) is 20.0. The molecule has 6 nitrogen and oxygen atoms in total. The number of rotatable bonds is 5. The van der Waals surface area contributed by atoms with Crippen LogP contribution in [0.3, 0.4) is 0 Å². The molecule has 1 atom stereocenters. The molecule has 1 unspecified atom stereocenters. The van der Waals surface area contributed by atoms with E-state index in [9.17, 15) is 13.2 Å². The third kappa shape index (κ3) is 3.22. The number of hydrogen-bond donors (Lipinski definition) is 2. The summed E-state index contributed by atoms with van der Waals surface area (Å²) >= 11 is 0. The minimum atomic E-state index is -3.75. The van der Waals surface area contributed by atoms with E-state index >= 15 is 0 Å². The summed E-state index contributed by atoms with van der Waals surface area (Å²) in [6, 6.07) is 1.96. The van der Waals surface area contributed by atoms with Crippen molar-refractivity contribution in [1.82, 2.24) is 9.62 Å². The molecule has 4 rings (SSSR count). The number of benzene rings is 1. The van der Waals surface area contributed by atoms with Crippen LogP contribution in [0.1, 0.15) is 54.9 Å². The first-order chi connectivity index (χ1) is 12.4. The van der Waals surface area contributed by atoms with Gasteiger partial charge in [0.2, 0.25) is 0 Å². The zero-order valence-corrected chi connectivity index (χ0v) is 16.3. The van der Waals surface area contributed by atoms with Crippen LogP contribution in [0.15, 0.2) is 6.07 Å². The van der Waals surface area contributed by atoms with Crippen LogP contribution in [0.2, 0.25) is 0 Å². The van der Waals surface area contributed by atoms with E-state index in [0.29, 0.717) is 6.04 Å². The number of sulfonamides is 1. The smallest absolute Gasteiger partial charge is 0.307 e. The van der Waals surface area contributed by atoms with Crippen molar-refractivity contribution in [2.24, 2.45) is 0 Å². The number of amides is 2. The third-order valence-electron chi connectivity index (χ3n) is 6.09. The Morgan fingerprint density at radius 3 is 2.23 bits per heavy atom. The number of urea groups is 1. The first kappa shape index (κ1) is 17.8. The van der Waals surface area contributed by atoms with Crippen LogP contribution >= 0.6 is 0 Å². The number of anilines is 1. The van der Waals surface area contributed by atoms with Crippen LogP contribution in [0.4, 0.5) is 10.5 Å². The fourth-order valence-electron chi connectivity index (χ4n) is 4.32. The SMILES string of the molecule is CC(N(C)C1CC1)S(=O)(=O)NC(=O)Nc1c2c(cc3c1CCC3)CCC2. The average Bonchev–Trinajstić information content (AvgIpc) is 3.14. The van der Waals surface area contributed by atoms with E-state index in [4.69, 9.17) is 0 Å². The van der Waals surface area contributed by atoms with Gasteiger partial charge in [-0.05, 0) is 87.6 Å². The highest BCUT2D eigenvalue weighted by molar-refractivity contribution is 7.90. The summed E-state index contributed by atoms with van der Waals surface area (Å²) in [5.41, 5.74) is 5.88. The van der Waals surface area contributed by atoms with Gasteiger partial charge >= 0.3 is 6.03 Å². The van der Waals surface area contributed by atoms with Gasteiger partial charge in [-0.25, -0.2) is 17.9 Å². The summed E-state index contributed by atoms with van der Waals surface area (Å²) in [5, 5.41) is 2.16. The first-order valence-electron chi connectivity index (χ1n) is 9.58. The lowest BCUT2D eigenvalue weighted by molar-refractivity contribution is 0.255. The molecule has 142 valence electrons. The second kappa shape index (κ2) is 6.53. The summed E-state index contributed by atoms with van der Waals surface area (Å²) in [6.07, 6.45) is 8.21. The first-order valence-corrected chi connectivity index (χ1v) is 11.1. The molecule has 0 aliphatic heterocycles. The Balaban J connectivity index is 1.52. The maximum atomic E-state index is 12.6. The van der Waals surface area contributed by atoms with Gasteiger partial charge in [-0.2, -0.15) is 0 Å². The molecule has 1 fully saturated rings. The maximum absolute atomic E-state index is 12.6. The molecule has 3 aliphatic rings. The van der Waals surface area contributed by atoms with Gasteiger partial charge in [0.05, 0.1) is 0 Å². The molecule has 0 radical (unpaired) electrons. The molecule has 0 saturated heterocycles. The van der Waals surface area contributed by atoms with Crippen molar-refractivity contribution in [2.75, 3.05) is 12.4 Å². The van der Waals surface area contributed by atoms with E-state index in [1.807, 2.05) is 4.90 Å². The molecule has 3 aliphatic carbocycles. The van der Waals surface area contributed by atoms with Crippen molar-refractivity contribution in [3.05, 3.63) is 28.3 Å². The van der Waals surface area contributed by atoms with E-state index in [-0.39, 0.29) is 0 Å². The zero-order chi connectivity index (χ0) is 18.5. The summed E-state index contributed by atoms with van der Waals surface area (Å²) in [7, 11) is -1.95. The highest BCUT2D eigenvalue weighted by Gasteiger charge is 2.36. The van der Waals surface area contributed by atoms with E-state index < -0.39 is 21.4 Å². The lowest BCUT2D eigenvalue weighted by Crippen LogP contribution is -2.47. The molecule has 0 spiro atoms. The Morgan fingerprint density at radius 2 is 1.69 bits per heavy atom. The van der Waals surface area contributed by atoms with Crippen LogP contribution < -0.4 is 10.0 Å². The minimum Gasteiger partial charge on any atom is -0.307 e. The molecule has 0 aromatic heterocycles. The van der Waals surface area contributed by atoms with Crippen molar-refractivity contribution in [1.29, 1.82) is 0 Å². The monoisotopic (exact) mass is 377 g/mol. The average molecular weight is 378 g/mol. The van der Waals surface area contributed by atoms with Gasteiger partial charge in [-0.15, -0.1) is 0 Å². The van der Waals surface area contributed by atoms with E-state index in [1.165, 1.54) is 22.3 Å². The van der Waals surface area contributed by atoms with E-state index in [0.717, 1.165) is 57.1 Å². The van der Waals surface area contributed by atoms with Gasteiger partial charge in [-0.1, -0.05) is 6.07 Å². The molecule has 1 aromatic rings. The Kier molecular flexibility index (Phi) is 4.47. The number of carbonyl (C=O) groups is 1. The largest absolute Gasteiger partial charge is 0.332 e. The molecule has 26 heavy (non-hydrogen) atoms. The Hall–Kier alpha value is -1.60. The number of aryl methyl sites for hydroxylation is 2. The molecular formula is C19H27N3O3S. The molecule has 0 heterocycles. The molecular weight excluding hydrogens is 350 g/mol. The lowest BCUT2D eigenvalue weighted by atomic mass is 9.99. The van der Waals surface area contributed by atoms with Gasteiger partial charge in [0, 0.05) is 11.7 Å². The molecule has 1 saturated carbocycles. The fourth-order valence-corrected chi connectivity index (χ4v) is 5.41. The number of nitrogens with one attached hydrogen (secondary N) is 2. The predicted octanol–water partition coefficient (Wildman–Crippen LogP) is 2.56. The van der Waals surface area contributed by atoms with Crippen molar-refractivity contribution in [2.45, 2.75) is 69.7 Å². The summed E-state index contributed by atoms with van der Waals surface area (Å²) in [5.74, 6) is 0. The topological polar surface area (TPSA) is 78.5 Å². The number of fused-ring (bicyclic) bond motifs is 2. The van der Waals surface area contributed by atoms with Gasteiger partial charge in [-0.3, -0.25) is 4.90 Å². The van der Waals surface area contributed by atoms with Crippen LogP contribution in [0.5, 0.6) is 0 Å². The van der Waals surface area contributed by atoms with Crippen molar-refractivity contribution >= 4 is 21.7 Å². The quantitative estimate of drug-likeness (QED) is 0.827. The second-order valence-corrected chi connectivity index (χ2v) is 9.81. The maximum Gasteiger partial charge on any atom is 0.332 e. The molecule has 7 heteroatoms. The Labute approximate surface area is 155 Å². The number of carbonyl (C=O) groups excluding carboxylic acids is 1. The van der Waals surface area contributed by atoms with Crippen LogP contribution in [0, 0.1) is 0 Å². The zero-order valence-electron chi connectivity index (χ0n) is 15.5. The van der Waals surface area contributed by atoms with Crippen LogP contribution in [-0.4, -0.2) is 37.8 Å². The highest BCUT2D eigenvalue weighted by Crippen LogP contribution is 2.38. The van der Waals surface area contributed by atoms with Gasteiger partial charge in [0.25, 0.3) is 10.0 Å². The van der Waals surface area contributed by atoms with Gasteiger partial charge in [0.15, 0.2) is 0 Å². The second-order valence-electron chi connectivity index (χ2n) is 7.83. The van der Waals surface area contributed by atoms with E-state index in [1.54, 1.807) is 14.0 Å². The fraction of sp³-hybridized carbons (Fsp3) is 0.632. The highest BCUT2D eigenvalue weighted by atomic mass is 32.2.